The second-order valence-electron chi connectivity index (χ2n) is 4.12. The smallest absolute Gasteiger partial charge is 0.233 e. The Bertz CT molecular complexity index is 294. The molecule has 0 bridgehead atoms. The summed E-state index contributed by atoms with van der Waals surface area (Å²) in [6, 6.07) is 0. The van der Waals surface area contributed by atoms with Gasteiger partial charge in [-0.1, -0.05) is 0 Å². The van der Waals surface area contributed by atoms with Crippen LogP contribution in [0.3, 0.4) is 0 Å². The van der Waals surface area contributed by atoms with Gasteiger partial charge in [0.1, 0.15) is 0 Å². The zero-order chi connectivity index (χ0) is 9.52. The van der Waals surface area contributed by atoms with Crippen molar-refractivity contribution >= 4 is 0 Å². The molecule has 0 aromatic carbocycles. The van der Waals surface area contributed by atoms with E-state index in [2.05, 4.69) is 25.9 Å². The van der Waals surface area contributed by atoms with E-state index in [0.717, 1.165) is 11.3 Å². The first-order valence-corrected chi connectivity index (χ1v) is 4.09. The van der Waals surface area contributed by atoms with Crippen molar-refractivity contribution in [2.75, 3.05) is 0 Å². The van der Waals surface area contributed by atoms with Gasteiger partial charge >= 0.3 is 0 Å². The van der Waals surface area contributed by atoms with Crippen LogP contribution >= 0.6 is 0 Å². The summed E-state index contributed by atoms with van der Waals surface area (Å²) in [6.07, 6.45) is 0. The highest BCUT2D eigenvalue weighted by Gasteiger charge is 2.19. The van der Waals surface area contributed by atoms with Crippen molar-refractivity contribution in [3.63, 3.8) is 0 Å². The van der Waals surface area contributed by atoms with E-state index in [-0.39, 0.29) is 11.4 Å². The lowest BCUT2D eigenvalue weighted by Gasteiger charge is -2.20. The number of rotatable bonds is 0. The van der Waals surface area contributed by atoms with E-state index >= 15 is 0 Å². The molecule has 12 heavy (non-hydrogen) atoms. The minimum Gasteiger partial charge on any atom is -0.492 e. The highest BCUT2D eigenvalue weighted by atomic mass is 16.3. The van der Waals surface area contributed by atoms with Crippen LogP contribution in [0.4, 0.5) is 0 Å². The van der Waals surface area contributed by atoms with Gasteiger partial charge in [-0.25, -0.2) is 0 Å². The van der Waals surface area contributed by atoms with Crippen LogP contribution in [-0.4, -0.2) is 14.9 Å². The highest BCUT2D eigenvalue weighted by Crippen LogP contribution is 2.23. The monoisotopic (exact) mass is 168 g/mol. The largest absolute Gasteiger partial charge is 0.492 e. The van der Waals surface area contributed by atoms with Crippen molar-refractivity contribution in [3.05, 3.63) is 11.3 Å². The van der Waals surface area contributed by atoms with Crippen LogP contribution in [0.5, 0.6) is 5.88 Å². The molecule has 3 heteroatoms. The van der Waals surface area contributed by atoms with Gasteiger partial charge in [-0.15, -0.1) is 5.10 Å². The standard InChI is InChI=1S/C9H16N2O/c1-6-7(2)11(9(3,4)5)10-8(6)12/h1-5H3,(H,10,12). The Labute approximate surface area is 73.0 Å². The Morgan fingerprint density at radius 3 is 1.92 bits per heavy atom. The Balaban J connectivity index is 3.28. The van der Waals surface area contributed by atoms with E-state index in [1.807, 2.05) is 18.5 Å². The van der Waals surface area contributed by atoms with Crippen LogP contribution in [0, 0.1) is 13.8 Å². The van der Waals surface area contributed by atoms with E-state index < -0.39 is 0 Å². The van der Waals surface area contributed by atoms with Crippen LogP contribution in [-0.2, 0) is 5.54 Å². The van der Waals surface area contributed by atoms with Crippen molar-refractivity contribution in [3.8, 4) is 5.88 Å². The fraction of sp³-hybridized carbons (Fsp3) is 0.667. The Hall–Kier alpha value is -0.990. The number of hydrogen-bond acceptors (Lipinski definition) is 2. The van der Waals surface area contributed by atoms with Crippen molar-refractivity contribution in [1.82, 2.24) is 9.78 Å². The topological polar surface area (TPSA) is 38.1 Å². The fourth-order valence-electron chi connectivity index (χ4n) is 1.22. The SMILES string of the molecule is Cc1c(O)nn(C(C)(C)C)c1C. The zero-order valence-corrected chi connectivity index (χ0v) is 8.34. The maximum atomic E-state index is 9.35. The Morgan fingerprint density at radius 1 is 1.25 bits per heavy atom. The predicted molar refractivity (Wildman–Crippen MR) is 48.4 cm³/mol. The first-order chi connectivity index (χ1) is 5.34. The molecule has 0 saturated carbocycles. The molecule has 0 atom stereocenters. The van der Waals surface area contributed by atoms with Gasteiger partial charge in [0.2, 0.25) is 5.88 Å². The number of aromatic nitrogens is 2. The lowest BCUT2D eigenvalue weighted by atomic mass is 10.1. The van der Waals surface area contributed by atoms with Gasteiger partial charge < -0.3 is 5.11 Å². The normalized spacial score (nSPS) is 12.1. The molecule has 0 aliphatic carbocycles. The van der Waals surface area contributed by atoms with Gasteiger partial charge in [-0.2, -0.15) is 0 Å². The molecule has 0 fully saturated rings. The maximum Gasteiger partial charge on any atom is 0.233 e. The van der Waals surface area contributed by atoms with Crippen molar-refractivity contribution < 1.29 is 5.11 Å². The fourth-order valence-corrected chi connectivity index (χ4v) is 1.22. The van der Waals surface area contributed by atoms with Crippen molar-refractivity contribution in [2.45, 2.75) is 40.2 Å². The molecular weight excluding hydrogens is 152 g/mol. The summed E-state index contributed by atoms with van der Waals surface area (Å²) in [5.74, 6) is 0.141. The molecular formula is C9H16N2O. The minimum atomic E-state index is -0.0597. The Kier molecular flexibility index (Phi) is 1.90. The highest BCUT2D eigenvalue weighted by molar-refractivity contribution is 5.28. The molecule has 0 aliphatic rings. The lowest BCUT2D eigenvalue weighted by Crippen LogP contribution is -2.24. The van der Waals surface area contributed by atoms with Gasteiger partial charge in [0, 0.05) is 11.3 Å². The third kappa shape index (κ3) is 1.31. The summed E-state index contributed by atoms with van der Waals surface area (Å²) in [5.41, 5.74) is 1.83. The van der Waals surface area contributed by atoms with Gasteiger partial charge in [0.05, 0.1) is 5.54 Å². The number of hydrogen-bond donors (Lipinski definition) is 1. The van der Waals surface area contributed by atoms with Crippen LogP contribution in [0.1, 0.15) is 32.0 Å². The maximum absolute atomic E-state index is 9.35. The van der Waals surface area contributed by atoms with Crippen LogP contribution in [0.15, 0.2) is 0 Å². The molecule has 0 spiro atoms. The summed E-state index contributed by atoms with van der Waals surface area (Å²) in [4.78, 5) is 0. The molecule has 1 rings (SSSR count). The lowest BCUT2D eigenvalue weighted by molar-refractivity contribution is 0.332. The summed E-state index contributed by atoms with van der Waals surface area (Å²) in [5, 5.41) is 13.4. The summed E-state index contributed by atoms with van der Waals surface area (Å²) in [6.45, 7) is 10.0. The first-order valence-electron chi connectivity index (χ1n) is 4.09. The number of aromatic hydroxyl groups is 1. The van der Waals surface area contributed by atoms with Gasteiger partial charge in [0.15, 0.2) is 0 Å². The number of nitrogens with zero attached hydrogens (tertiary/aromatic N) is 2. The molecule has 1 aromatic rings. The molecule has 1 aromatic heterocycles. The van der Waals surface area contributed by atoms with E-state index in [0.29, 0.717) is 0 Å². The predicted octanol–water partition coefficient (Wildman–Crippen LogP) is 1.96. The molecule has 0 unspecified atom stereocenters. The zero-order valence-electron chi connectivity index (χ0n) is 8.34. The van der Waals surface area contributed by atoms with Crippen LogP contribution in [0.2, 0.25) is 0 Å². The van der Waals surface area contributed by atoms with Crippen molar-refractivity contribution in [2.24, 2.45) is 0 Å². The second kappa shape index (κ2) is 2.51. The molecule has 0 radical (unpaired) electrons. The molecule has 1 N–H and O–H groups in total. The molecule has 0 aliphatic heterocycles. The molecule has 0 saturated heterocycles. The molecule has 1 heterocycles. The van der Waals surface area contributed by atoms with E-state index in [1.165, 1.54) is 0 Å². The molecule has 3 nitrogen and oxygen atoms in total. The van der Waals surface area contributed by atoms with E-state index in [1.54, 1.807) is 0 Å². The van der Waals surface area contributed by atoms with Gasteiger partial charge in [0.25, 0.3) is 0 Å². The van der Waals surface area contributed by atoms with Gasteiger partial charge in [-0.05, 0) is 34.6 Å². The van der Waals surface area contributed by atoms with Crippen molar-refractivity contribution in [1.29, 1.82) is 0 Å². The summed E-state index contributed by atoms with van der Waals surface area (Å²) >= 11 is 0. The Morgan fingerprint density at radius 2 is 1.75 bits per heavy atom. The average molecular weight is 168 g/mol. The van der Waals surface area contributed by atoms with Crippen LogP contribution in [0.25, 0.3) is 0 Å². The molecule has 68 valence electrons. The van der Waals surface area contributed by atoms with E-state index in [9.17, 15) is 5.11 Å². The third-order valence-electron chi connectivity index (χ3n) is 2.03. The van der Waals surface area contributed by atoms with Gasteiger partial charge in [-0.3, -0.25) is 4.68 Å². The third-order valence-corrected chi connectivity index (χ3v) is 2.03. The second-order valence-corrected chi connectivity index (χ2v) is 4.12. The van der Waals surface area contributed by atoms with Crippen LogP contribution < -0.4 is 0 Å². The summed E-state index contributed by atoms with van der Waals surface area (Å²) in [7, 11) is 0. The average Bonchev–Trinajstić information content (AvgIpc) is 2.15. The quantitative estimate of drug-likeness (QED) is 0.643. The minimum absolute atomic E-state index is 0.0597. The summed E-state index contributed by atoms with van der Waals surface area (Å²) < 4.78 is 1.84. The first kappa shape index (κ1) is 9.10. The van der Waals surface area contributed by atoms with E-state index in [4.69, 9.17) is 0 Å². The molecule has 0 amide bonds.